The fourth-order valence-corrected chi connectivity index (χ4v) is 1.83. The van der Waals surface area contributed by atoms with Gasteiger partial charge in [-0.25, -0.2) is 0 Å². The van der Waals surface area contributed by atoms with E-state index in [0.717, 1.165) is 25.9 Å². The fraction of sp³-hybridized carbons (Fsp3) is 0.545. The van der Waals surface area contributed by atoms with Gasteiger partial charge in [-0.2, -0.15) is 0 Å². The van der Waals surface area contributed by atoms with Crippen molar-refractivity contribution in [3.05, 3.63) is 0 Å². The van der Waals surface area contributed by atoms with Crippen LogP contribution in [-0.2, 0) is 28.7 Å². The SMILES string of the molecule is COC(=O)CC1C(=O)N(C(C)=O)CC(=O)N1C(C)=O. The first-order valence-electron chi connectivity index (χ1n) is 5.51. The van der Waals surface area contributed by atoms with Crippen molar-refractivity contribution in [2.24, 2.45) is 0 Å². The third-order valence-electron chi connectivity index (χ3n) is 2.73. The van der Waals surface area contributed by atoms with E-state index in [0.29, 0.717) is 4.90 Å². The van der Waals surface area contributed by atoms with Crippen LogP contribution in [0.25, 0.3) is 0 Å². The van der Waals surface area contributed by atoms with Crippen LogP contribution in [0.2, 0.25) is 0 Å². The molecule has 0 N–H and O–H groups in total. The van der Waals surface area contributed by atoms with Crippen LogP contribution in [0.1, 0.15) is 20.3 Å². The molecule has 0 aromatic carbocycles. The Morgan fingerprint density at radius 1 is 1.21 bits per heavy atom. The molecule has 8 heteroatoms. The molecule has 0 saturated carbocycles. The maximum Gasteiger partial charge on any atom is 0.308 e. The van der Waals surface area contributed by atoms with Gasteiger partial charge in [-0.05, 0) is 0 Å². The van der Waals surface area contributed by atoms with E-state index in [4.69, 9.17) is 0 Å². The van der Waals surface area contributed by atoms with Gasteiger partial charge in [-0.15, -0.1) is 0 Å². The van der Waals surface area contributed by atoms with Crippen molar-refractivity contribution in [1.82, 2.24) is 9.80 Å². The minimum Gasteiger partial charge on any atom is -0.469 e. The highest BCUT2D eigenvalue weighted by molar-refractivity contribution is 6.10. The lowest BCUT2D eigenvalue weighted by molar-refractivity contribution is -0.168. The lowest BCUT2D eigenvalue weighted by Crippen LogP contribution is -2.62. The van der Waals surface area contributed by atoms with Crippen molar-refractivity contribution in [2.75, 3.05) is 13.7 Å². The Labute approximate surface area is 109 Å². The monoisotopic (exact) mass is 270 g/mol. The second kappa shape index (κ2) is 5.59. The summed E-state index contributed by atoms with van der Waals surface area (Å²) in [6, 6.07) is -1.32. The zero-order valence-electron chi connectivity index (χ0n) is 10.8. The molecule has 1 aliphatic rings. The summed E-state index contributed by atoms with van der Waals surface area (Å²) in [6.07, 6.45) is -0.468. The Kier molecular flexibility index (Phi) is 4.36. The molecule has 1 atom stereocenters. The normalized spacial score (nSPS) is 19.4. The Hall–Kier alpha value is -2.25. The van der Waals surface area contributed by atoms with Crippen LogP contribution in [0.4, 0.5) is 0 Å². The third-order valence-corrected chi connectivity index (χ3v) is 2.73. The molecule has 0 aromatic rings. The van der Waals surface area contributed by atoms with E-state index in [1.54, 1.807) is 0 Å². The molecule has 0 radical (unpaired) electrons. The Bertz CT molecular complexity index is 458. The van der Waals surface area contributed by atoms with Crippen molar-refractivity contribution in [3.63, 3.8) is 0 Å². The van der Waals surface area contributed by atoms with Gasteiger partial charge >= 0.3 is 5.97 Å². The molecule has 104 valence electrons. The smallest absolute Gasteiger partial charge is 0.308 e. The summed E-state index contributed by atoms with van der Waals surface area (Å²) in [5, 5.41) is 0. The summed E-state index contributed by atoms with van der Waals surface area (Å²) < 4.78 is 4.42. The first kappa shape index (κ1) is 14.8. The summed E-state index contributed by atoms with van der Waals surface area (Å²) in [4.78, 5) is 59.1. The average Bonchev–Trinajstić information content (AvgIpc) is 2.32. The third kappa shape index (κ3) is 2.95. The quantitative estimate of drug-likeness (QED) is 0.577. The number of methoxy groups -OCH3 is 1. The van der Waals surface area contributed by atoms with Crippen LogP contribution in [0.5, 0.6) is 0 Å². The van der Waals surface area contributed by atoms with Crippen molar-refractivity contribution < 1.29 is 28.7 Å². The van der Waals surface area contributed by atoms with Crippen LogP contribution in [-0.4, -0.2) is 59.1 Å². The van der Waals surface area contributed by atoms with Gasteiger partial charge in [0.1, 0.15) is 12.6 Å². The number of piperazine rings is 1. The lowest BCUT2D eigenvalue weighted by atomic mass is 10.1. The topological polar surface area (TPSA) is 101 Å². The molecular weight excluding hydrogens is 256 g/mol. The number of ether oxygens (including phenoxy) is 1. The molecule has 1 unspecified atom stereocenters. The molecule has 1 rings (SSSR count). The van der Waals surface area contributed by atoms with Crippen LogP contribution < -0.4 is 0 Å². The van der Waals surface area contributed by atoms with Gasteiger partial charge in [0.2, 0.25) is 17.7 Å². The van der Waals surface area contributed by atoms with Gasteiger partial charge in [0.15, 0.2) is 0 Å². The van der Waals surface area contributed by atoms with E-state index in [1.807, 2.05) is 0 Å². The van der Waals surface area contributed by atoms with Gasteiger partial charge in [0, 0.05) is 13.8 Å². The van der Waals surface area contributed by atoms with Gasteiger partial charge in [0.05, 0.1) is 13.5 Å². The second-order valence-corrected chi connectivity index (χ2v) is 4.02. The predicted molar refractivity (Wildman–Crippen MR) is 60.3 cm³/mol. The van der Waals surface area contributed by atoms with E-state index in [2.05, 4.69) is 4.74 Å². The summed E-state index contributed by atoms with van der Waals surface area (Å²) >= 11 is 0. The molecule has 4 amide bonds. The fourth-order valence-electron chi connectivity index (χ4n) is 1.83. The van der Waals surface area contributed by atoms with E-state index < -0.39 is 48.6 Å². The molecule has 0 bridgehead atoms. The number of carbonyl (C=O) groups is 5. The summed E-state index contributed by atoms with van der Waals surface area (Å²) in [6.45, 7) is 1.74. The number of hydrogen-bond acceptors (Lipinski definition) is 6. The summed E-state index contributed by atoms with van der Waals surface area (Å²) in [5.41, 5.74) is 0. The molecule has 1 saturated heterocycles. The highest BCUT2D eigenvalue weighted by atomic mass is 16.5. The Morgan fingerprint density at radius 3 is 2.21 bits per heavy atom. The molecule has 0 spiro atoms. The van der Waals surface area contributed by atoms with Crippen LogP contribution in [0, 0.1) is 0 Å². The lowest BCUT2D eigenvalue weighted by Gasteiger charge is -2.36. The Morgan fingerprint density at radius 2 is 1.79 bits per heavy atom. The van der Waals surface area contributed by atoms with Crippen molar-refractivity contribution in [1.29, 1.82) is 0 Å². The number of rotatable bonds is 2. The highest BCUT2D eigenvalue weighted by Gasteiger charge is 2.44. The van der Waals surface area contributed by atoms with Gasteiger partial charge < -0.3 is 4.74 Å². The van der Waals surface area contributed by atoms with Gasteiger partial charge in [-0.1, -0.05) is 0 Å². The second-order valence-electron chi connectivity index (χ2n) is 4.02. The maximum atomic E-state index is 12.0. The predicted octanol–water partition coefficient (Wildman–Crippen LogP) is -1.32. The zero-order valence-corrected chi connectivity index (χ0v) is 10.8. The van der Waals surface area contributed by atoms with Crippen LogP contribution in [0.3, 0.4) is 0 Å². The molecular formula is C11H14N2O6. The Balaban J connectivity index is 3.10. The van der Waals surface area contributed by atoms with E-state index in [9.17, 15) is 24.0 Å². The highest BCUT2D eigenvalue weighted by Crippen LogP contribution is 2.17. The molecule has 1 heterocycles. The minimum absolute atomic E-state index is 0.468. The first-order chi connectivity index (χ1) is 8.79. The van der Waals surface area contributed by atoms with Crippen molar-refractivity contribution in [2.45, 2.75) is 26.3 Å². The molecule has 1 aliphatic heterocycles. The average molecular weight is 270 g/mol. The van der Waals surface area contributed by atoms with Gasteiger partial charge in [-0.3, -0.25) is 33.8 Å². The molecule has 0 aromatic heterocycles. The van der Waals surface area contributed by atoms with E-state index >= 15 is 0 Å². The molecule has 19 heavy (non-hydrogen) atoms. The minimum atomic E-state index is -1.32. The summed E-state index contributed by atoms with van der Waals surface area (Å²) in [7, 11) is 1.12. The van der Waals surface area contributed by atoms with Crippen LogP contribution >= 0.6 is 0 Å². The zero-order chi connectivity index (χ0) is 14.7. The summed E-state index contributed by atoms with van der Waals surface area (Å²) in [5.74, 6) is -3.47. The standard InChI is InChI=1S/C11H14N2O6/c1-6(14)12-5-9(16)13(7(2)15)8(11(12)18)4-10(17)19-3/h8H,4-5H2,1-3H3. The molecule has 8 nitrogen and oxygen atoms in total. The van der Waals surface area contributed by atoms with Crippen molar-refractivity contribution >= 4 is 29.6 Å². The number of nitrogens with zero attached hydrogens (tertiary/aromatic N) is 2. The van der Waals surface area contributed by atoms with Crippen molar-refractivity contribution in [3.8, 4) is 0 Å². The number of esters is 1. The molecule has 1 fully saturated rings. The first-order valence-corrected chi connectivity index (χ1v) is 5.51. The largest absolute Gasteiger partial charge is 0.469 e. The van der Waals surface area contributed by atoms with Gasteiger partial charge in [0.25, 0.3) is 5.91 Å². The number of carbonyl (C=O) groups excluding carboxylic acids is 5. The molecule has 0 aliphatic carbocycles. The van der Waals surface area contributed by atoms with Crippen LogP contribution in [0.15, 0.2) is 0 Å². The number of amides is 4. The number of imide groups is 2. The number of hydrogen-bond donors (Lipinski definition) is 0. The van der Waals surface area contributed by atoms with E-state index in [1.165, 1.54) is 0 Å². The maximum absolute atomic E-state index is 12.0. The van der Waals surface area contributed by atoms with E-state index in [-0.39, 0.29) is 0 Å².